The Morgan fingerprint density at radius 1 is 1.05 bits per heavy atom. The average molecular weight is 321 g/mol. The summed E-state index contributed by atoms with van der Waals surface area (Å²) in [5, 5.41) is 2.21. The number of rotatable bonds is 3. The van der Waals surface area contributed by atoms with Crippen LogP contribution in [-0.4, -0.2) is 5.78 Å². The highest BCUT2D eigenvalue weighted by atomic mass is 35.5. The van der Waals surface area contributed by atoms with Crippen LogP contribution in [0.3, 0.4) is 0 Å². The standard InChI is InChI=1S/C16H10Cl2OS/c17-12-6-5-10(13(18)9-12)7-14(19)16-8-11-3-1-2-4-15(11)20-16/h1-6,8-9H,7H2. The smallest absolute Gasteiger partial charge is 0.177 e. The van der Waals surface area contributed by atoms with Crippen LogP contribution >= 0.6 is 34.5 Å². The monoisotopic (exact) mass is 320 g/mol. The van der Waals surface area contributed by atoms with Crippen LogP contribution < -0.4 is 0 Å². The Labute approximate surface area is 130 Å². The highest BCUT2D eigenvalue weighted by Crippen LogP contribution is 2.28. The van der Waals surface area contributed by atoms with Crippen molar-refractivity contribution in [3.63, 3.8) is 0 Å². The fourth-order valence-corrected chi connectivity index (χ4v) is 3.52. The highest BCUT2D eigenvalue weighted by Gasteiger charge is 2.13. The van der Waals surface area contributed by atoms with Crippen molar-refractivity contribution in [3.8, 4) is 0 Å². The number of carbonyl (C=O) groups is 1. The Kier molecular flexibility index (Phi) is 3.79. The summed E-state index contributed by atoms with van der Waals surface area (Å²) in [4.78, 5) is 13.1. The van der Waals surface area contributed by atoms with Gasteiger partial charge in [0.05, 0.1) is 4.88 Å². The second-order valence-electron chi connectivity index (χ2n) is 4.48. The van der Waals surface area contributed by atoms with Crippen molar-refractivity contribution in [1.82, 2.24) is 0 Å². The van der Waals surface area contributed by atoms with Crippen LogP contribution in [0.5, 0.6) is 0 Å². The summed E-state index contributed by atoms with van der Waals surface area (Å²) < 4.78 is 1.12. The van der Waals surface area contributed by atoms with Gasteiger partial charge in [-0.3, -0.25) is 4.79 Å². The first-order valence-electron chi connectivity index (χ1n) is 6.09. The molecule has 2 aromatic carbocycles. The maximum atomic E-state index is 12.3. The van der Waals surface area contributed by atoms with Gasteiger partial charge in [0.1, 0.15) is 0 Å². The molecule has 1 nitrogen and oxygen atoms in total. The first kappa shape index (κ1) is 13.6. The van der Waals surface area contributed by atoms with Crippen molar-refractivity contribution in [2.45, 2.75) is 6.42 Å². The van der Waals surface area contributed by atoms with Crippen LogP contribution in [0.15, 0.2) is 48.5 Å². The van der Waals surface area contributed by atoms with Crippen LogP contribution in [0.25, 0.3) is 10.1 Å². The highest BCUT2D eigenvalue weighted by molar-refractivity contribution is 7.20. The molecular weight excluding hydrogens is 311 g/mol. The van der Waals surface area contributed by atoms with Gasteiger partial charge in [0.25, 0.3) is 0 Å². The van der Waals surface area contributed by atoms with Crippen LogP contribution in [-0.2, 0) is 6.42 Å². The van der Waals surface area contributed by atoms with Crippen molar-refractivity contribution in [2.75, 3.05) is 0 Å². The van der Waals surface area contributed by atoms with E-state index in [9.17, 15) is 4.79 Å². The van der Waals surface area contributed by atoms with Crippen LogP contribution in [0.1, 0.15) is 15.2 Å². The fraction of sp³-hybridized carbons (Fsp3) is 0.0625. The van der Waals surface area contributed by atoms with Gasteiger partial charge < -0.3 is 0 Å². The van der Waals surface area contributed by atoms with Gasteiger partial charge in [0, 0.05) is 21.2 Å². The minimum absolute atomic E-state index is 0.0791. The number of ketones is 1. The number of benzene rings is 2. The molecule has 0 saturated heterocycles. The van der Waals surface area contributed by atoms with Crippen molar-refractivity contribution < 1.29 is 4.79 Å². The lowest BCUT2D eigenvalue weighted by atomic mass is 10.1. The molecule has 3 rings (SSSR count). The van der Waals surface area contributed by atoms with E-state index < -0.39 is 0 Å². The predicted octanol–water partition coefficient (Wildman–Crippen LogP) is 5.63. The second-order valence-corrected chi connectivity index (χ2v) is 6.41. The third kappa shape index (κ3) is 2.73. The van der Waals surface area contributed by atoms with Gasteiger partial charge in [-0.2, -0.15) is 0 Å². The third-order valence-electron chi connectivity index (χ3n) is 3.07. The molecule has 0 N–H and O–H groups in total. The average Bonchev–Trinajstić information content (AvgIpc) is 2.86. The Morgan fingerprint density at radius 3 is 2.60 bits per heavy atom. The first-order valence-corrected chi connectivity index (χ1v) is 7.66. The van der Waals surface area contributed by atoms with Gasteiger partial charge in [0.15, 0.2) is 5.78 Å². The molecule has 0 aliphatic heterocycles. The van der Waals surface area contributed by atoms with E-state index in [0.717, 1.165) is 20.5 Å². The Balaban J connectivity index is 1.89. The number of thiophene rings is 1. The molecule has 0 aliphatic rings. The summed E-state index contributed by atoms with van der Waals surface area (Å²) in [6, 6.07) is 15.1. The number of hydrogen-bond acceptors (Lipinski definition) is 2. The molecule has 1 heterocycles. The predicted molar refractivity (Wildman–Crippen MR) is 86.3 cm³/mol. The molecule has 3 aromatic rings. The van der Waals surface area contributed by atoms with Gasteiger partial charge in [-0.25, -0.2) is 0 Å². The SMILES string of the molecule is O=C(Cc1ccc(Cl)cc1Cl)c1cc2ccccc2s1. The molecule has 0 fully saturated rings. The second kappa shape index (κ2) is 5.57. The topological polar surface area (TPSA) is 17.1 Å². The molecule has 0 spiro atoms. The summed E-state index contributed by atoms with van der Waals surface area (Å²) in [5.41, 5.74) is 0.804. The molecule has 1 aromatic heterocycles. The summed E-state index contributed by atoms with van der Waals surface area (Å²) in [6.07, 6.45) is 0.294. The number of halogens is 2. The number of fused-ring (bicyclic) bond motifs is 1. The van der Waals surface area contributed by atoms with E-state index in [1.807, 2.05) is 30.3 Å². The minimum atomic E-state index is 0.0791. The van der Waals surface area contributed by atoms with E-state index in [2.05, 4.69) is 0 Å². The van der Waals surface area contributed by atoms with Crippen molar-refractivity contribution >= 4 is 50.4 Å². The summed E-state index contributed by atoms with van der Waals surface area (Å²) in [7, 11) is 0. The van der Waals surface area contributed by atoms with Crippen molar-refractivity contribution in [2.24, 2.45) is 0 Å². The maximum Gasteiger partial charge on any atom is 0.177 e. The zero-order valence-electron chi connectivity index (χ0n) is 10.4. The van der Waals surface area contributed by atoms with Crippen LogP contribution in [0.4, 0.5) is 0 Å². The van der Waals surface area contributed by atoms with E-state index in [0.29, 0.717) is 16.5 Å². The molecule has 0 bridgehead atoms. The molecule has 0 radical (unpaired) electrons. The molecule has 0 aliphatic carbocycles. The van der Waals surface area contributed by atoms with E-state index in [4.69, 9.17) is 23.2 Å². The third-order valence-corrected chi connectivity index (χ3v) is 4.81. The Hall–Kier alpha value is -1.35. The van der Waals surface area contributed by atoms with E-state index >= 15 is 0 Å². The zero-order valence-corrected chi connectivity index (χ0v) is 12.7. The number of carbonyl (C=O) groups excluding carboxylic acids is 1. The van der Waals surface area contributed by atoms with Crippen LogP contribution in [0, 0.1) is 0 Å². The van der Waals surface area contributed by atoms with E-state index in [1.165, 1.54) is 11.3 Å². The van der Waals surface area contributed by atoms with Gasteiger partial charge in [-0.05, 0) is 35.2 Å². The lowest BCUT2D eigenvalue weighted by Crippen LogP contribution is -2.01. The van der Waals surface area contributed by atoms with E-state index in [1.54, 1.807) is 18.2 Å². The number of hydrogen-bond donors (Lipinski definition) is 0. The Morgan fingerprint density at radius 2 is 1.85 bits per heavy atom. The van der Waals surface area contributed by atoms with Gasteiger partial charge in [-0.1, -0.05) is 47.5 Å². The molecule has 4 heteroatoms. The molecule has 100 valence electrons. The zero-order chi connectivity index (χ0) is 14.1. The molecule has 0 amide bonds. The molecule has 0 unspecified atom stereocenters. The molecular formula is C16H10Cl2OS. The summed E-state index contributed by atoms with van der Waals surface area (Å²) >= 11 is 13.5. The fourth-order valence-electron chi connectivity index (χ4n) is 2.04. The summed E-state index contributed by atoms with van der Waals surface area (Å²) in [5.74, 6) is 0.0791. The van der Waals surface area contributed by atoms with Gasteiger partial charge >= 0.3 is 0 Å². The summed E-state index contributed by atoms with van der Waals surface area (Å²) in [6.45, 7) is 0. The van der Waals surface area contributed by atoms with Crippen molar-refractivity contribution in [3.05, 3.63) is 69.0 Å². The lowest BCUT2D eigenvalue weighted by Gasteiger charge is -2.02. The van der Waals surface area contributed by atoms with Crippen molar-refractivity contribution in [1.29, 1.82) is 0 Å². The first-order chi connectivity index (χ1) is 9.63. The maximum absolute atomic E-state index is 12.3. The quantitative estimate of drug-likeness (QED) is 0.571. The normalized spacial score (nSPS) is 10.9. The molecule has 20 heavy (non-hydrogen) atoms. The Bertz CT molecular complexity index is 759. The number of Topliss-reactive ketones (excluding diaryl/α,β-unsaturated/α-hetero) is 1. The van der Waals surface area contributed by atoms with E-state index in [-0.39, 0.29) is 5.78 Å². The largest absolute Gasteiger partial charge is 0.293 e. The van der Waals surface area contributed by atoms with Gasteiger partial charge in [0.2, 0.25) is 0 Å². The van der Waals surface area contributed by atoms with Crippen LogP contribution in [0.2, 0.25) is 10.0 Å². The lowest BCUT2D eigenvalue weighted by molar-refractivity contribution is 0.0997. The molecule has 0 atom stereocenters. The molecule has 0 saturated carbocycles. The van der Waals surface area contributed by atoms with Gasteiger partial charge in [-0.15, -0.1) is 11.3 Å². The minimum Gasteiger partial charge on any atom is -0.293 e.